The number of hydrogen-bond donors (Lipinski definition) is 2. The van der Waals surface area contributed by atoms with Crippen LogP contribution in [-0.4, -0.2) is 36.7 Å². The Balaban J connectivity index is 2.50. The molecule has 17 heavy (non-hydrogen) atoms. The predicted octanol–water partition coefficient (Wildman–Crippen LogP) is 1.03. The number of aliphatic carboxylic acids is 1. The summed E-state index contributed by atoms with van der Waals surface area (Å²) in [5, 5.41) is 11.8. The van der Waals surface area contributed by atoms with Crippen LogP contribution in [0.25, 0.3) is 0 Å². The molecule has 98 valence electrons. The van der Waals surface area contributed by atoms with Crippen molar-refractivity contribution in [1.29, 1.82) is 0 Å². The minimum atomic E-state index is -0.857. The molecule has 1 saturated carbocycles. The van der Waals surface area contributed by atoms with Crippen LogP contribution in [-0.2, 0) is 14.3 Å². The third-order valence-electron chi connectivity index (χ3n) is 3.39. The van der Waals surface area contributed by atoms with E-state index >= 15 is 0 Å². The molecule has 0 aromatic heterocycles. The van der Waals surface area contributed by atoms with Crippen molar-refractivity contribution in [3.05, 3.63) is 0 Å². The molecule has 3 atom stereocenters. The molecule has 0 aliphatic heterocycles. The summed E-state index contributed by atoms with van der Waals surface area (Å²) < 4.78 is 5.03. The van der Waals surface area contributed by atoms with Gasteiger partial charge in [-0.3, -0.25) is 9.59 Å². The second-order valence-corrected chi connectivity index (χ2v) is 4.63. The molecule has 0 radical (unpaired) electrons. The highest BCUT2D eigenvalue weighted by Gasteiger charge is 2.35. The lowest BCUT2D eigenvalue weighted by molar-refractivity contribution is -0.149. The normalized spacial score (nSPS) is 26.2. The molecular weight excluding hydrogens is 222 g/mol. The third-order valence-corrected chi connectivity index (χ3v) is 3.39. The van der Waals surface area contributed by atoms with Gasteiger partial charge in [-0.25, -0.2) is 0 Å². The van der Waals surface area contributed by atoms with E-state index in [1.165, 1.54) is 0 Å². The second kappa shape index (κ2) is 6.59. The average Bonchev–Trinajstić information content (AvgIpc) is 2.35. The fourth-order valence-corrected chi connectivity index (χ4v) is 2.20. The molecule has 1 rings (SSSR count). The standard InChI is InChI=1S/C12H21NO4/c1-8(17-2)7-13-11(14)9-5-3-4-6-10(9)12(15)16/h8-10H,3-7H2,1-2H3,(H,13,14)(H,15,16)/t8?,9-,10+/m1/s1. The molecule has 1 aliphatic carbocycles. The summed E-state index contributed by atoms with van der Waals surface area (Å²) in [5.41, 5.74) is 0. The zero-order valence-electron chi connectivity index (χ0n) is 10.4. The van der Waals surface area contributed by atoms with Gasteiger partial charge in [-0.05, 0) is 19.8 Å². The quantitative estimate of drug-likeness (QED) is 0.756. The highest BCUT2D eigenvalue weighted by molar-refractivity contribution is 5.84. The molecule has 5 heteroatoms. The van der Waals surface area contributed by atoms with Gasteiger partial charge in [0.15, 0.2) is 0 Å². The minimum absolute atomic E-state index is 0.0502. The van der Waals surface area contributed by atoms with Gasteiger partial charge in [-0.15, -0.1) is 0 Å². The fourth-order valence-electron chi connectivity index (χ4n) is 2.20. The van der Waals surface area contributed by atoms with Crippen molar-refractivity contribution < 1.29 is 19.4 Å². The Kier molecular flexibility index (Phi) is 5.41. The highest BCUT2D eigenvalue weighted by atomic mass is 16.5. The van der Waals surface area contributed by atoms with Crippen molar-refractivity contribution in [2.24, 2.45) is 11.8 Å². The third kappa shape index (κ3) is 4.00. The van der Waals surface area contributed by atoms with Gasteiger partial charge in [0.05, 0.1) is 17.9 Å². The van der Waals surface area contributed by atoms with Crippen molar-refractivity contribution in [2.75, 3.05) is 13.7 Å². The maximum absolute atomic E-state index is 11.9. The van der Waals surface area contributed by atoms with E-state index in [0.717, 1.165) is 12.8 Å². The Morgan fingerprint density at radius 3 is 2.47 bits per heavy atom. The van der Waals surface area contributed by atoms with Gasteiger partial charge in [0.1, 0.15) is 0 Å². The van der Waals surface area contributed by atoms with E-state index in [1.54, 1.807) is 7.11 Å². The smallest absolute Gasteiger partial charge is 0.307 e. The van der Waals surface area contributed by atoms with Crippen LogP contribution < -0.4 is 5.32 Å². The number of carboxylic acids is 1. The van der Waals surface area contributed by atoms with E-state index in [4.69, 9.17) is 9.84 Å². The molecule has 0 saturated heterocycles. The lowest BCUT2D eigenvalue weighted by Gasteiger charge is -2.27. The summed E-state index contributed by atoms with van der Waals surface area (Å²) in [7, 11) is 1.58. The number of rotatable bonds is 5. The van der Waals surface area contributed by atoms with Gasteiger partial charge in [0.2, 0.25) is 5.91 Å². The number of carbonyl (C=O) groups is 2. The molecule has 1 aliphatic rings. The van der Waals surface area contributed by atoms with Crippen LogP contribution in [0.3, 0.4) is 0 Å². The van der Waals surface area contributed by atoms with Crippen LogP contribution in [0.2, 0.25) is 0 Å². The Hall–Kier alpha value is -1.10. The number of methoxy groups -OCH3 is 1. The molecule has 0 aromatic carbocycles. The van der Waals surface area contributed by atoms with Crippen LogP contribution >= 0.6 is 0 Å². The number of amides is 1. The summed E-state index contributed by atoms with van der Waals surface area (Å²) in [5.74, 6) is -1.92. The molecule has 5 nitrogen and oxygen atoms in total. The summed E-state index contributed by atoms with van der Waals surface area (Å²) in [6.45, 7) is 2.29. The molecule has 0 heterocycles. The SMILES string of the molecule is COC(C)CNC(=O)[C@@H]1CCCC[C@@H]1C(=O)O. The van der Waals surface area contributed by atoms with E-state index in [1.807, 2.05) is 6.92 Å². The molecule has 1 unspecified atom stereocenters. The number of hydrogen-bond acceptors (Lipinski definition) is 3. The summed E-state index contributed by atoms with van der Waals surface area (Å²) in [6.07, 6.45) is 3.06. The monoisotopic (exact) mass is 243 g/mol. The van der Waals surface area contributed by atoms with Crippen LogP contribution in [0.1, 0.15) is 32.6 Å². The lowest BCUT2D eigenvalue weighted by Crippen LogP contribution is -2.42. The van der Waals surface area contributed by atoms with Gasteiger partial charge in [0, 0.05) is 13.7 Å². The molecular formula is C12H21NO4. The lowest BCUT2D eigenvalue weighted by atomic mass is 9.78. The predicted molar refractivity (Wildman–Crippen MR) is 62.6 cm³/mol. The Labute approximate surface area is 102 Å². The molecule has 2 N–H and O–H groups in total. The highest BCUT2D eigenvalue weighted by Crippen LogP contribution is 2.30. The van der Waals surface area contributed by atoms with Gasteiger partial charge in [-0.1, -0.05) is 12.8 Å². The van der Waals surface area contributed by atoms with E-state index in [0.29, 0.717) is 19.4 Å². The Bertz CT molecular complexity index is 280. The molecule has 0 spiro atoms. The average molecular weight is 243 g/mol. The zero-order valence-corrected chi connectivity index (χ0v) is 10.4. The van der Waals surface area contributed by atoms with Gasteiger partial charge in [-0.2, -0.15) is 0 Å². The van der Waals surface area contributed by atoms with Crippen molar-refractivity contribution in [2.45, 2.75) is 38.7 Å². The molecule has 0 bridgehead atoms. The van der Waals surface area contributed by atoms with Crippen LogP contribution in [0, 0.1) is 11.8 Å². The van der Waals surface area contributed by atoms with E-state index in [9.17, 15) is 9.59 Å². The Morgan fingerprint density at radius 2 is 1.94 bits per heavy atom. The van der Waals surface area contributed by atoms with Crippen molar-refractivity contribution in [3.8, 4) is 0 Å². The first-order valence-corrected chi connectivity index (χ1v) is 6.09. The minimum Gasteiger partial charge on any atom is -0.481 e. The number of carboxylic acid groups (broad SMARTS) is 1. The van der Waals surface area contributed by atoms with Gasteiger partial charge < -0.3 is 15.2 Å². The fraction of sp³-hybridized carbons (Fsp3) is 0.833. The van der Waals surface area contributed by atoms with Gasteiger partial charge in [0.25, 0.3) is 0 Å². The molecule has 1 amide bonds. The molecule has 0 aromatic rings. The van der Waals surface area contributed by atoms with Crippen LogP contribution in [0.15, 0.2) is 0 Å². The summed E-state index contributed by atoms with van der Waals surface area (Å²) >= 11 is 0. The summed E-state index contributed by atoms with van der Waals surface area (Å²) in [4.78, 5) is 23.0. The number of ether oxygens (including phenoxy) is 1. The first-order valence-electron chi connectivity index (χ1n) is 6.09. The van der Waals surface area contributed by atoms with E-state index in [2.05, 4.69) is 5.32 Å². The first kappa shape index (κ1) is 14.0. The maximum Gasteiger partial charge on any atom is 0.307 e. The largest absolute Gasteiger partial charge is 0.481 e. The molecule has 1 fully saturated rings. The summed E-state index contributed by atoms with van der Waals surface area (Å²) in [6, 6.07) is 0. The van der Waals surface area contributed by atoms with Crippen molar-refractivity contribution >= 4 is 11.9 Å². The van der Waals surface area contributed by atoms with Crippen LogP contribution in [0.5, 0.6) is 0 Å². The van der Waals surface area contributed by atoms with Gasteiger partial charge >= 0.3 is 5.97 Å². The zero-order chi connectivity index (χ0) is 12.8. The second-order valence-electron chi connectivity index (χ2n) is 4.63. The van der Waals surface area contributed by atoms with E-state index in [-0.39, 0.29) is 17.9 Å². The van der Waals surface area contributed by atoms with Crippen molar-refractivity contribution in [1.82, 2.24) is 5.32 Å². The Morgan fingerprint density at radius 1 is 1.35 bits per heavy atom. The number of nitrogens with one attached hydrogen (secondary N) is 1. The van der Waals surface area contributed by atoms with E-state index < -0.39 is 11.9 Å². The number of carbonyl (C=O) groups excluding carboxylic acids is 1. The topological polar surface area (TPSA) is 75.6 Å². The van der Waals surface area contributed by atoms with Crippen LogP contribution in [0.4, 0.5) is 0 Å². The van der Waals surface area contributed by atoms with Crippen molar-refractivity contribution in [3.63, 3.8) is 0 Å². The first-order chi connectivity index (χ1) is 8.06. The maximum atomic E-state index is 11.9.